The Bertz CT molecular complexity index is 935. The molecule has 1 N–H and O–H groups in total. The molecule has 0 bridgehead atoms. The van der Waals surface area contributed by atoms with Gasteiger partial charge in [0.25, 0.3) is 5.56 Å². The fraction of sp³-hybridized carbons (Fsp3) is 0.167. The number of aromatic nitrogens is 2. The predicted molar refractivity (Wildman–Crippen MR) is 89.0 cm³/mol. The van der Waals surface area contributed by atoms with Crippen LogP contribution in [0.4, 0.5) is 4.39 Å². The summed E-state index contributed by atoms with van der Waals surface area (Å²) in [6.45, 7) is 1.62. The van der Waals surface area contributed by atoms with Gasteiger partial charge in [0, 0.05) is 5.39 Å². The maximum Gasteiger partial charge on any atom is 0.275 e. The van der Waals surface area contributed by atoms with Gasteiger partial charge in [-0.05, 0) is 30.7 Å². The van der Waals surface area contributed by atoms with Crippen molar-refractivity contribution in [1.82, 2.24) is 15.1 Å². The number of carbonyl (C=O) groups excluding carboxylic acids is 1. The Morgan fingerprint density at radius 2 is 1.92 bits per heavy atom. The van der Waals surface area contributed by atoms with Crippen LogP contribution < -0.4 is 10.9 Å². The highest BCUT2D eigenvalue weighted by Crippen LogP contribution is 2.12. The van der Waals surface area contributed by atoms with Gasteiger partial charge in [0.2, 0.25) is 5.91 Å². The van der Waals surface area contributed by atoms with Crippen LogP contribution in [-0.2, 0) is 11.3 Å². The van der Waals surface area contributed by atoms with Crippen molar-refractivity contribution in [2.24, 2.45) is 0 Å². The number of hydrogen-bond donors (Lipinski definition) is 1. The van der Waals surface area contributed by atoms with Gasteiger partial charge in [0.15, 0.2) is 0 Å². The molecule has 6 heteroatoms. The first-order valence-corrected chi connectivity index (χ1v) is 7.54. The van der Waals surface area contributed by atoms with Crippen molar-refractivity contribution in [3.05, 3.63) is 76.5 Å². The largest absolute Gasteiger partial charge is 0.348 e. The zero-order chi connectivity index (χ0) is 17.1. The number of nitrogens with zero attached hydrogens (tertiary/aromatic N) is 2. The Morgan fingerprint density at radius 1 is 1.21 bits per heavy atom. The van der Waals surface area contributed by atoms with Gasteiger partial charge in [-0.2, -0.15) is 5.10 Å². The van der Waals surface area contributed by atoms with Crippen molar-refractivity contribution in [2.75, 3.05) is 0 Å². The molecule has 0 spiro atoms. The summed E-state index contributed by atoms with van der Waals surface area (Å²) in [5, 5.41) is 8.07. The third-order valence-electron chi connectivity index (χ3n) is 3.80. The van der Waals surface area contributed by atoms with Crippen molar-refractivity contribution in [1.29, 1.82) is 0 Å². The summed E-state index contributed by atoms with van der Waals surface area (Å²) in [6, 6.07) is 12.7. The van der Waals surface area contributed by atoms with Gasteiger partial charge in [-0.1, -0.05) is 30.3 Å². The van der Waals surface area contributed by atoms with Crippen LogP contribution in [0.2, 0.25) is 0 Å². The van der Waals surface area contributed by atoms with Crippen LogP contribution in [0.15, 0.2) is 59.5 Å². The lowest BCUT2D eigenvalue weighted by Crippen LogP contribution is -2.34. The molecule has 0 aliphatic carbocycles. The summed E-state index contributed by atoms with van der Waals surface area (Å²) in [7, 11) is 0. The Labute approximate surface area is 137 Å². The molecule has 1 amide bonds. The lowest BCUT2D eigenvalue weighted by molar-refractivity contribution is -0.122. The first-order chi connectivity index (χ1) is 11.5. The SMILES string of the molecule is CC(NC(=O)Cn1ncc2ccccc2c1=O)c1ccc(F)cc1. The Kier molecular flexibility index (Phi) is 4.37. The molecule has 2 aromatic carbocycles. The highest BCUT2D eigenvalue weighted by Gasteiger charge is 2.12. The van der Waals surface area contributed by atoms with E-state index in [9.17, 15) is 14.0 Å². The van der Waals surface area contributed by atoms with Crippen LogP contribution in [0, 0.1) is 5.82 Å². The van der Waals surface area contributed by atoms with Gasteiger partial charge in [-0.15, -0.1) is 0 Å². The van der Waals surface area contributed by atoms with Crippen molar-refractivity contribution in [3.63, 3.8) is 0 Å². The first kappa shape index (κ1) is 15.9. The minimum absolute atomic E-state index is 0.171. The van der Waals surface area contributed by atoms with E-state index in [4.69, 9.17) is 0 Å². The molecule has 0 aliphatic heterocycles. The van der Waals surface area contributed by atoms with Gasteiger partial charge < -0.3 is 5.32 Å². The van der Waals surface area contributed by atoms with Gasteiger partial charge >= 0.3 is 0 Å². The number of halogens is 1. The fourth-order valence-electron chi connectivity index (χ4n) is 2.50. The molecular weight excluding hydrogens is 309 g/mol. The van der Waals surface area contributed by atoms with Gasteiger partial charge in [0.05, 0.1) is 17.6 Å². The smallest absolute Gasteiger partial charge is 0.275 e. The number of nitrogens with one attached hydrogen (secondary N) is 1. The number of benzene rings is 2. The maximum absolute atomic E-state index is 12.9. The average molecular weight is 325 g/mol. The van der Waals surface area contributed by atoms with Gasteiger partial charge in [-0.25, -0.2) is 9.07 Å². The number of carbonyl (C=O) groups is 1. The third-order valence-corrected chi connectivity index (χ3v) is 3.80. The molecule has 0 fully saturated rings. The maximum atomic E-state index is 12.9. The summed E-state index contributed by atoms with van der Waals surface area (Å²) in [5.41, 5.74) is 0.473. The molecule has 1 aromatic heterocycles. The minimum Gasteiger partial charge on any atom is -0.348 e. The van der Waals surface area contributed by atoms with E-state index in [0.717, 1.165) is 15.6 Å². The number of hydrogen-bond acceptors (Lipinski definition) is 3. The Hall–Kier alpha value is -3.02. The number of fused-ring (bicyclic) bond motifs is 1. The van der Waals surface area contributed by atoms with Crippen molar-refractivity contribution >= 4 is 16.7 Å². The molecule has 122 valence electrons. The fourth-order valence-corrected chi connectivity index (χ4v) is 2.50. The number of amides is 1. The van der Waals surface area contributed by atoms with E-state index in [2.05, 4.69) is 10.4 Å². The summed E-state index contributed by atoms with van der Waals surface area (Å²) in [4.78, 5) is 24.5. The summed E-state index contributed by atoms with van der Waals surface area (Å²) in [6.07, 6.45) is 1.56. The molecule has 0 radical (unpaired) electrons. The lowest BCUT2D eigenvalue weighted by atomic mass is 10.1. The molecule has 1 atom stereocenters. The van der Waals surface area contributed by atoms with E-state index in [1.54, 1.807) is 43.5 Å². The lowest BCUT2D eigenvalue weighted by Gasteiger charge is -2.14. The minimum atomic E-state index is -0.336. The average Bonchev–Trinajstić information content (AvgIpc) is 2.58. The summed E-state index contributed by atoms with van der Waals surface area (Å²) in [5.74, 6) is -0.666. The molecule has 1 heterocycles. The molecule has 0 aliphatic rings. The molecule has 24 heavy (non-hydrogen) atoms. The second-order valence-electron chi connectivity index (χ2n) is 5.54. The summed E-state index contributed by atoms with van der Waals surface area (Å²) < 4.78 is 14.1. The predicted octanol–water partition coefficient (Wildman–Crippen LogP) is 2.41. The van der Waals surface area contributed by atoms with Crippen LogP contribution in [0.1, 0.15) is 18.5 Å². The monoisotopic (exact) mass is 325 g/mol. The third kappa shape index (κ3) is 3.32. The molecule has 0 saturated carbocycles. The highest BCUT2D eigenvalue weighted by atomic mass is 19.1. The van der Waals surface area contributed by atoms with Gasteiger partial charge in [-0.3, -0.25) is 9.59 Å². The summed E-state index contributed by atoms with van der Waals surface area (Å²) >= 11 is 0. The standard InChI is InChI=1S/C18H16FN3O2/c1-12(13-6-8-15(19)9-7-13)21-17(23)11-22-18(24)16-5-3-2-4-14(16)10-20-22/h2-10,12H,11H2,1H3,(H,21,23). The molecule has 5 nitrogen and oxygen atoms in total. The Balaban J connectivity index is 1.74. The van der Waals surface area contributed by atoms with Crippen molar-refractivity contribution in [2.45, 2.75) is 19.5 Å². The van der Waals surface area contributed by atoms with E-state index in [0.29, 0.717) is 5.39 Å². The second-order valence-corrected chi connectivity index (χ2v) is 5.54. The zero-order valence-electron chi connectivity index (χ0n) is 13.1. The van der Waals surface area contributed by atoms with E-state index in [1.165, 1.54) is 12.1 Å². The van der Waals surface area contributed by atoms with Gasteiger partial charge in [0.1, 0.15) is 12.4 Å². The van der Waals surface area contributed by atoms with E-state index in [-0.39, 0.29) is 29.9 Å². The Morgan fingerprint density at radius 3 is 2.67 bits per heavy atom. The quantitative estimate of drug-likeness (QED) is 0.801. The molecular formula is C18H16FN3O2. The normalized spacial score (nSPS) is 12.1. The van der Waals surface area contributed by atoms with Crippen LogP contribution in [0.5, 0.6) is 0 Å². The van der Waals surface area contributed by atoms with E-state index >= 15 is 0 Å². The topological polar surface area (TPSA) is 64.0 Å². The highest BCUT2D eigenvalue weighted by molar-refractivity contribution is 5.81. The first-order valence-electron chi connectivity index (χ1n) is 7.54. The van der Waals surface area contributed by atoms with E-state index < -0.39 is 0 Å². The number of rotatable bonds is 4. The van der Waals surface area contributed by atoms with E-state index in [1.807, 2.05) is 6.07 Å². The zero-order valence-corrected chi connectivity index (χ0v) is 13.1. The molecule has 3 aromatic rings. The van der Waals surface area contributed by atoms with Crippen molar-refractivity contribution in [3.8, 4) is 0 Å². The van der Waals surface area contributed by atoms with Crippen LogP contribution in [-0.4, -0.2) is 15.7 Å². The second kappa shape index (κ2) is 6.62. The van der Waals surface area contributed by atoms with Crippen LogP contribution in [0.25, 0.3) is 10.8 Å². The molecule has 1 unspecified atom stereocenters. The van der Waals surface area contributed by atoms with Crippen LogP contribution in [0.3, 0.4) is 0 Å². The molecule has 0 saturated heterocycles. The molecule has 3 rings (SSSR count). The van der Waals surface area contributed by atoms with Crippen LogP contribution >= 0.6 is 0 Å². The van der Waals surface area contributed by atoms with Crippen molar-refractivity contribution < 1.29 is 9.18 Å².